The Morgan fingerprint density at radius 2 is 2.56 bits per heavy atom. The molecule has 7 heteroatoms. The maximum atomic E-state index is 11.5. The van der Waals surface area contributed by atoms with Gasteiger partial charge in [-0.25, -0.2) is 4.79 Å². The first-order valence-electron chi connectivity index (χ1n) is 4.73. The van der Waals surface area contributed by atoms with Crippen molar-refractivity contribution < 1.29 is 14.4 Å². The van der Waals surface area contributed by atoms with Crippen LogP contribution in [-0.4, -0.2) is 35.5 Å². The second kappa shape index (κ2) is 3.83. The minimum Gasteiger partial charge on any atom is -0.394 e. The summed E-state index contributed by atoms with van der Waals surface area (Å²) in [5, 5.41) is 24.2. The zero-order valence-corrected chi connectivity index (χ0v) is 8.60. The third-order valence-corrected chi connectivity index (χ3v) is 2.46. The Labute approximate surface area is 91.2 Å². The van der Waals surface area contributed by atoms with Crippen LogP contribution in [0.3, 0.4) is 0 Å². The topological polar surface area (TPSA) is 102 Å². The highest BCUT2D eigenvalue weighted by Gasteiger charge is 2.36. The lowest BCUT2D eigenvalue weighted by Gasteiger charge is -2.17. The second-order valence-corrected chi connectivity index (χ2v) is 3.45. The van der Waals surface area contributed by atoms with Crippen LogP contribution in [0.1, 0.15) is 11.3 Å². The first-order chi connectivity index (χ1) is 7.69. The molecule has 0 spiro atoms. The van der Waals surface area contributed by atoms with Gasteiger partial charge in [0.1, 0.15) is 17.3 Å². The van der Waals surface area contributed by atoms with Crippen LogP contribution in [0, 0.1) is 18.3 Å². The normalized spacial score (nSPS) is 19.7. The largest absolute Gasteiger partial charge is 0.394 e. The predicted octanol–water partition coefficient (Wildman–Crippen LogP) is -0.255. The van der Waals surface area contributed by atoms with Crippen molar-refractivity contribution >= 4 is 11.9 Å². The number of carbonyl (C=O) groups excluding carboxylic acids is 1. The lowest BCUT2D eigenvalue weighted by Crippen LogP contribution is -2.36. The minimum absolute atomic E-state index is 0.0917. The van der Waals surface area contributed by atoms with Crippen molar-refractivity contribution in [2.75, 3.05) is 18.1 Å². The molecule has 7 nitrogen and oxygen atoms in total. The molecule has 84 valence electrons. The van der Waals surface area contributed by atoms with E-state index in [1.54, 1.807) is 6.92 Å². The molecule has 2 rings (SSSR count). The lowest BCUT2D eigenvalue weighted by atomic mass is 10.2. The highest BCUT2D eigenvalue weighted by molar-refractivity contribution is 5.94. The molecule has 0 aromatic carbocycles. The van der Waals surface area contributed by atoms with Gasteiger partial charge >= 0.3 is 6.03 Å². The first-order valence-corrected chi connectivity index (χ1v) is 4.73. The number of anilines is 1. The van der Waals surface area contributed by atoms with Crippen LogP contribution in [0.4, 0.5) is 10.7 Å². The maximum Gasteiger partial charge on any atom is 0.324 e. The van der Waals surface area contributed by atoms with Crippen LogP contribution in [0.25, 0.3) is 0 Å². The Hall–Kier alpha value is -2.07. The summed E-state index contributed by atoms with van der Waals surface area (Å²) in [5.74, 6) is 0.0917. The number of aliphatic hydroxyl groups is 1. The van der Waals surface area contributed by atoms with Crippen LogP contribution in [-0.2, 0) is 0 Å². The minimum atomic E-state index is -0.424. The summed E-state index contributed by atoms with van der Waals surface area (Å²) in [4.78, 5) is 12.7. The Balaban J connectivity index is 2.43. The summed E-state index contributed by atoms with van der Waals surface area (Å²) in [7, 11) is 0. The average Bonchev–Trinajstić information content (AvgIpc) is 2.81. The molecule has 0 bridgehead atoms. The van der Waals surface area contributed by atoms with Gasteiger partial charge in [-0.05, 0) is 6.92 Å². The standard InChI is InChI=1S/C9H10N4O3/c1-5-7(2-10)8(16-12-5)13-6(4-14)3-11-9(13)15/h6,14H,3-4H2,1H3,(H,11,15). The zero-order chi connectivity index (χ0) is 11.7. The number of rotatable bonds is 2. The van der Waals surface area contributed by atoms with Crippen molar-refractivity contribution in [2.24, 2.45) is 0 Å². The van der Waals surface area contributed by atoms with E-state index in [0.717, 1.165) is 0 Å². The van der Waals surface area contributed by atoms with Gasteiger partial charge in [0, 0.05) is 6.54 Å². The molecule has 16 heavy (non-hydrogen) atoms. The van der Waals surface area contributed by atoms with Crippen LogP contribution in [0.15, 0.2) is 4.52 Å². The van der Waals surface area contributed by atoms with Crippen LogP contribution >= 0.6 is 0 Å². The van der Waals surface area contributed by atoms with E-state index in [1.807, 2.05) is 6.07 Å². The number of nitrogens with one attached hydrogen (secondary N) is 1. The number of nitriles is 1. The summed E-state index contributed by atoms with van der Waals surface area (Å²) in [5.41, 5.74) is 0.643. The molecule has 0 aliphatic carbocycles. The van der Waals surface area contributed by atoms with Crippen molar-refractivity contribution in [3.05, 3.63) is 11.3 Å². The lowest BCUT2D eigenvalue weighted by molar-refractivity contribution is 0.244. The summed E-state index contributed by atoms with van der Waals surface area (Å²) >= 11 is 0. The molecule has 0 radical (unpaired) electrons. The molecule has 0 saturated carbocycles. The number of hydrogen-bond donors (Lipinski definition) is 2. The molecule has 1 aliphatic rings. The molecule has 2 amide bonds. The van der Waals surface area contributed by atoms with Crippen molar-refractivity contribution in [1.29, 1.82) is 5.26 Å². The van der Waals surface area contributed by atoms with Gasteiger partial charge in [-0.15, -0.1) is 0 Å². The molecule has 1 aromatic heterocycles. The summed E-state index contributed by atoms with van der Waals surface area (Å²) in [6, 6.07) is 1.11. The van der Waals surface area contributed by atoms with Gasteiger partial charge < -0.3 is 14.9 Å². The predicted molar refractivity (Wildman–Crippen MR) is 52.7 cm³/mol. The fraction of sp³-hybridized carbons (Fsp3) is 0.444. The number of aryl methyl sites for hydroxylation is 1. The number of nitrogens with zero attached hydrogens (tertiary/aromatic N) is 3. The number of hydrogen-bond acceptors (Lipinski definition) is 5. The van der Waals surface area contributed by atoms with E-state index < -0.39 is 12.1 Å². The van der Waals surface area contributed by atoms with Crippen molar-refractivity contribution in [3.8, 4) is 6.07 Å². The fourth-order valence-corrected chi connectivity index (χ4v) is 1.60. The summed E-state index contributed by atoms with van der Waals surface area (Å²) in [6.07, 6.45) is 0. The Bertz CT molecular complexity index is 462. The van der Waals surface area contributed by atoms with Crippen LogP contribution in [0.2, 0.25) is 0 Å². The van der Waals surface area contributed by atoms with Crippen molar-refractivity contribution in [2.45, 2.75) is 13.0 Å². The highest BCUT2D eigenvalue weighted by Crippen LogP contribution is 2.26. The van der Waals surface area contributed by atoms with Gasteiger partial charge in [0.05, 0.1) is 12.6 Å². The SMILES string of the molecule is Cc1noc(N2C(=O)NCC2CO)c1C#N. The molecule has 1 atom stereocenters. The summed E-state index contributed by atoms with van der Waals surface area (Å²) in [6.45, 7) is 1.73. The van der Waals surface area contributed by atoms with Crippen LogP contribution in [0.5, 0.6) is 0 Å². The molecule has 1 aliphatic heterocycles. The van der Waals surface area contributed by atoms with Crippen molar-refractivity contribution in [3.63, 3.8) is 0 Å². The molecular formula is C9H10N4O3. The smallest absolute Gasteiger partial charge is 0.324 e. The van der Waals surface area contributed by atoms with Gasteiger partial charge in [0.2, 0.25) is 0 Å². The van der Waals surface area contributed by atoms with E-state index >= 15 is 0 Å². The molecule has 2 heterocycles. The summed E-state index contributed by atoms with van der Waals surface area (Å²) < 4.78 is 4.95. The number of aliphatic hydroxyl groups excluding tert-OH is 1. The van der Waals surface area contributed by atoms with E-state index in [4.69, 9.17) is 14.9 Å². The Morgan fingerprint density at radius 1 is 1.81 bits per heavy atom. The maximum absolute atomic E-state index is 11.5. The number of carbonyl (C=O) groups is 1. The van der Waals surface area contributed by atoms with Gasteiger partial charge in [-0.1, -0.05) is 5.16 Å². The van der Waals surface area contributed by atoms with E-state index in [-0.39, 0.29) is 18.1 Å². The van der Waals surface area contributed by atoms with E-state index in [0.29, 0.717) is 12.2 Å². The third-order valence-electron chi connectivity index (χ3n) is 2.46. The monoisotopic (exact) mass is 222 g/mol. The van der Waals surface area contributed by atoms with Crippen molar-refractivity contribution in [1.82, 2.24) is 10.5 Å². The Kier molecular flexibility index (Phi) is 2.50. The van der Waals surface area contributed by atoms with Gasteiger partial charge in [-0.3, -0.25) is 4.90 Å². The van der Waals surface area contributed by atoms with Gasteiger partial charge in [0.25, 0.3) is 5.88 Å². The van der Waals surface area contributed by atoms with E-state index in [1.165, 1.54) is 4.90 Å². The number of amides is 2. The van der Waals surface area contributed by atoms with E-state index in [9.17, 15) is 4.79 Å². The van der Waals surface area contributed by atoms with Crippen LogP contribution < -0.4 is 10.2 Å². The average molecular weight is 222 g/mol. The molecule has 1 fully saturated rings. The van der Waals surface area contributed by atoms with Gasteiger partial charge in [-0.2, -0.15) is 5.26 Å². The fourth-order valence-electron chi connectivity index (χ4n) is 1.60. The van der Waals surface area contributed by atoms with E-state index in [2.05, 4.69) is 10.5 Å². The molecule has 2 N–H and O–H groups in total. The first kappa shape index (κ1) is 10.4. The zero-order valence-electron chi connectivity index (χ0n) is 8.60. The highest BCUT2D eigenvalue weighted by atomic mass is 16.5. The molecular weight excluding hydrogens is 212 g/mol. The molecule has 1 aromatic rings. The van der Waals surface area contributed by atoms with Gasteiger partial charge in [0.15, 0.2) is 0 Å². The molecule has 1 saturated heterocycles. The quantitative estimate of drug-likeness (QED) is 0.718. The molecule has 1 unspecified atom stereocenters. The second-order valence-electron chi connectivity index (χ2n) is 3.45. The number of urea groups is 1. The number of aromatic nitrogens is 1. The third kappa shape index (κ3) is 1.40. The Morgan fingerprint density at radius 3 is 3.19 bits per heavy atom.